The van der Waals surface area contributed by atoms with Crippen molar-refractivity contribution >= 4 is 23.3 Å². The highest BCUT2D eigenvalue weighted by Crippen LogP contribution is 1.69. The minimum Gasteiger partial charge on any atom is -0.468 e. The van der Waals surface area contributed by atoms with Crippen LogP contribution in [0.4, 0.5) is 0 Å². The van der Waals surface area contributed by atoms with E-state index in [1.54, 1.807) is 7.05 Å². The number of nitrogens with one attached hydrogen (secondary N) is 2. The highest BCUT2D eigenvalue weighted by atomic mass is 32.1. The lowest BCUT2D eigenvalue weighted by Gasteiger charge is -2.03. The summed E-state index contributed by atoms with van der Waals surface area (Å²) in [6.45, 7) is 0.107. The molecule has 4 nitrogen and oxygen atoms in total. The number of carbonyl (C=O) groups is 1. The van der Waals surface area contributed by atoms with Crippen molar-refractivity contribution in [3.05, 3.63) is 0 Å². The molecule has 0 atom stereocenters. The van der Waals surface area contributed by atoms with Gasteiger partial charge in [-0.25, -0.2) is 0 Å². The predicted molar refractivity (Wildman–Crippen MR) is 41.7 cm³/mol. The Labute approximate surface area is 64.9 Å². The molecule has 0 aromatic rings. The molecule has 0 spiro atoms. The average molecular weight is 162 g/mol. The topological polar surface area (TPSA) is 50.4 Å². The van der Waals surface area contributed by atoms with E-state index in [1.165, 1.54) is 7.11 Å². The van der Waals surface area contributed by atoms with E-state index in [0.29, 0.717) is 5.11 Å². The first-order valence-corrected chi connectivity index (χ1v) is 3.14. The lowest BCUT2D eigenvalue weighted by atomic mass is 10.6. The summed E-state index contributed by atoms with van der Waals surface area (Å²) in [7, 11) is 3.00. The number of hydrogen-bond acceptors (Lipinski definition) is 3. The van der Waals surface area contributed by atoms with E-state index in [0.717, 1.165) is 0 Å². The van der Waals surface area contributed by atoms with Crippen molar-refractivity contribution in [1.82, 2.24) is 10.6 Å². The third-order valence-electron chi connectivity index (χ3n) is 0.848. The lowest BCUT2D eigenvalue weighted by Crippen LogP contribution is -2.36. The molecule has 0 aromatic heterocycles. The van der Waals surface area contributed by atoms with Crippen LogP contribution in [0, 0.1) is 0 Å². The Morgan fingerprint density at radius 3 is 2.70 bits per heavy atom. The predicted octanol–water partition coefficient (Wildman–Crippen LogP) is -0.747. The molecule has 0 aliphatic carbocycles. The molecule has 10 heavy (non-hydrogen) atoms. The van der Waals surface area contributed by atoms with Crippen LogP contribution in [0.15, 0.2) is 0 Å². The summed E-state index contributed by atoms with van der Waals surface area (Å²) < 4.78 is 4.36. The van der Waals surface area contributed by atoms with Crippen molar-refractivity contribution in [1.29, 1.82) is 0 Å². The Kier molecular flexibility index (Phi) is 4.57. The van der Waals surface area contributed by atoms with Gasteiger partial charge in [0.1, 0.15) is 6.54 Å². The van der Waals surface area contributed by atoms with Crippen molar-refractivity contribution in [3.8, 4) is 0 Å². The van der Waals surface area contributed by atoms with Gasteiger partial charge in [-0.15, -0.1) is 0 Å². The molecule has 0 aromatic carbocycles. The normalized spacial score (nSPS) is 8.20. The van der Waals surface area contributed by atoms with Gasteiger partial charge in [-0.3, -0.25) is 4.79 Å². The van der Waals surface area contributed by atoms with E-state index in [-0.39, 0.29) is 12.5 Å². The zero-order valence-corrected chi connectivity index (χ0v) is 6.75. The van der Waals surface area contributed by atoms with Crippen LogP contribution in [-0.2, 0) is 9.53 Å². The maximum atomic E-state index is 10.5. The number of ether oxygens (including phenoxy) is 1. The smallest absolute Gasteiger partial charge is 0.325 e. The fraction of sp³-hybridized carbons (Fsp3) is 0.600. The van der Waals surface area contributed by atoms with Gasteiger partial charge < -0.3 is 15.4 Å². The molecule has 0 saturated heterocycles. The second-order valence-corrected chi connectivity index (χ2v) is 1.92. The summed E-state index contributed by atoms with van der Waals surface area (Å²) in [5, 5.41) is 5.72. The monoisotopic (exact) mass is 162 g/mol. The molecule has 0 saturated carbocycles. The number of esters is 1. The van der Waals surface area contributed by atoms with Gasteiger partial charge in [-0.1, -0.05) is 0 Å². The average Bonchev–Trinajstić information content (AvgIpc) is 1.99. The zero-order chi connectivity index (χ0) is 7.98. The molecule has 0 rings (SSSR count). The number of thiocarbonyl (C=S) groups is 1. The van der Waals surface area contributed by atoms with Crippen molar-refractivity contribution in [2.45, 2.75) is 0 Å². The Morgan fingerprint density at radius 2 is 2.30 bits per heavy atom. The van der Waals surface area contributed by atoms with Crippen molar-refractivity contribution in [2.24, 2.45) is 0 Å². The van der Waals surface area contributed by atoms with E-state index >= 15 is 0 Å². The molecule has 0 unspecified atom stereocenters. The van der Waals surface area contributed by atoms with Crippen LogP contribution in [0.3, 0.4) is 0 Å². The Bertz CT molecular complexity index is 122. The Morgan fingerprint density at radius 1 is 1.70 bits per heavy atom. The fourth-order valence-corrected chi connectivity index (χ4v) is 0.385. The molecule has 2 N–H and O–H groups in total. The molecule has 0 aliphatic rings. The van der Waals surface area contributed by atoms with Crippen LogP contribution >= 0.6 is 12.2 Å². The van der Waals surface area contributed by atoms with Gasteiger partial charge in [0.2, 0.25) is 0 Å². The van der Waals surface area contributed by atoms with Crippen LogP contribution in [0.1, 0.15) is 0 Å². The van der Waals surface area contributed by atoms with Crippen molar-refractivity contribution in [3.63, 3.8) is 0 Å². The lowest BCUT2D eigenvalue weighted by molar-refractivity contribution is -0.139. The quantitative estimate of drug-likeness (QED) is 0.413. The van der Waals surface area contributed by atoms with Crippen LogP contribution in [-0.4, -0.2) is 31.8 Å². The highest BCUT2D eigenvalue weighted by molar-refractivity contribution is 7.80. The van der Waals surface area contributed by atoms with Gasteiger partial charge >= 0.3 is 5.97 Å². The largest absolute Gasteiger partial charge is 0.468 e. The van der Waals surface area contributed by atoms with Gasteiger partial charge in [0, 0.05) is 7.05 Å². The Hall–Kier alpha value is -0.840. The third kappa shape index (κ3) is 4.08. The minimum absolute atomic E-state index is 0.107. The molecule has 0 heterocycles. The van der Waals surface area contributed by atoms with E-state index in [4.69, 9.17) is 12.2 Å². The van der Waals surface area contributed by atoms with Gasteiger partial charge in [0.05, 0.1) is 7.11 Å². The number of hydrogen-bond donors (Lipinski definition) is 2. The molecule has 58 valence electrons. The van der Waals surface area contributed by atoms with Crippen LogP contribution < -0.4 is 10.6 Å². The fourth-order valence-electron chi connectivity index (χ4n) is 0.313. The first-order chi connectivity index (χ1) is 4.70. The summed E-state index contributed by atoms with van der Waals surface area (Å²) in [6, 6.07) is 0. The molecule has 0 aliphatic heterocycles. The summed E-state index contributed by atoms with van der Waals surface area (Å²) in [4.78, 5) is 10.5. The molecule has 5 heteroatoms. The number of carbonyl (C=O) groups excluding carboxylic acids is 1. The standard InChI is InChI=1S/C5H10N2O2S/c1-6-5(10)7-3-4(8)9-2/h3H2,1-2H3,(H2,6,7,10). The van der Waals surface area contributed by atoms with Crippen LogP contribution in [0.5, 0.6) is 0 Å². The molecule has 0 bridgehead atoms. The van der Waals surface area contributed by atoms with E-state index < -0.39 is 0 Å². The van der Waals surface area contributed by atoms with Crippen LogP contribution in [0.25, 0.3) is 0 Å². The zero-order valence-electron chi connectivity index (χ0n) is 5.93. The molecule has 0 amide bonds. The summed E-state index contributed by atoms with van der Waals surface area (Å²) in [5.41, 5.74) is 0. The maximum Gasteiger partial charge on any atom is 0.325 e. The molecule has 0 radical (unpaired) electrons. The van der Waals surface area contributed by atoms with Gasteiger partial charge in [-0.05, 0) is 12.2 Å². The third-order valence-corrected chi connectivity index (χ3v) is 1.20. The van der Waals surface area contributed by atoms with Crippen LogP contribution in [0.2, 0.25) is 0 Å². The first-order valence-electron chi connectivity index (χ1n) is 2.73. The summed E-state index contributed by atoms with van der Waals surface area (Å²) >= 11 is 4.69. The minimum atomic E-state index is -0.336. The Balaban J connectivity index is 3.35. The SMILES string of the molecule is CNC(=S)NCC(=O)OC. The highest BCUT2D eigenvalue weighted by Gasteiger charge is 1.98. The number of rotatable bonds is 2. The second kappa shape index (κ2) is 4.99. The van der Waals surface area contributed by atoms with E-state index in [9.17, 15) is 4.79 Å². The van der Waals surface area contributed by atoms with Gasteiger partial charge in [-0.2, -0.15) is 0 Å². The maximum absolute atomic E-state index is 10.5. The molecular formula is C5H10N2O2S. The molecular weight excluding hydrogens is 152 g/mol. The second-order valence-electron chi connectivity index (χ2n) is 1.51. The van der Waals surface area contributed by atoms with E-state index in [1.807, 2.05) is 0 Å². The first kappa shape index (κ1) is 9.16. The van der Waals surface area contributed by atoms with Gasteiger partial charge in [0.25, 0.3) is 0 Å². The van der Waals surface area contributed by atoms with Crippen molar-refractivity contribution < 1.29 is 9.53 Å². The van der Waals surface area contributed by atoms with E-state index in [2.05, 4.69) is 15.4 Å². The summed E-state index contributed by atoms with van der Waals surface area (Å²) in [5.74, 6) is -0.336. The summed E-state index contributed by atoms with van der Waals surface area (Å²) in [6.07, 6.45) is 0. The number of methoxy groups -OCH3 is 1. The molecule has 0 fully saturated rings. The van der Waals surface area contributed by atoms with Crippen molar-refractivity contribution in [2.75, 3.05) is 20.7 Å². The van der Waals surface area contributed by atoms with Gasteiger partial charge in [0.15, 0.2) is 5.11 Å².